The lowest BCUT2D eigenvalue weighted by atomic mass is 10.1. The Balaban J connectivity index is 2.15. The summed E-state index contributed by atoms with van der Waals surface area (Å²) in [6.45, 7) is 0.254. The van der Waals surface area contributed by atoms with Crippen molar-refractivity contribution in [3.05, 3.63) is 59.2 Å². The summed E-state index contributed by atoms with van der Waals surface area (Å²) in [5, 5.41) is 8.85. The fraction of sp³-hybridized carbons (Fsp3) is 0.125. The van der Waals surface area contributed by atoms with Crippen molar-refractivity contribution in [1.82, 2.24) is 0 Å². The van der Waals surface area contributed by atoms with Gasteiger partial charge in [0.1, 0.15) is 12.4 Å². The van der Waals surface area contributed by atoms with Crippen LogP contribution in [0.25, 0.3) is 0 Å². The van der Waals surface area contributed by atoms with Gasteiger partial charge in [-0.05, 0) is 35.9 Å². The molecule has 0 saturated heterocycles. The van der Waals surface area contributed by atoms with E-state index in [1.165, 1.54) is 13.2 Å². The SMILES string of the molecule is COC(=O)c1ccc(N)c(OCc2cccc(C#N)c2)c1. The summed E-state index contributed by atoms with van der Waals surface area (Å²) in [6, 6.07) is 13.9. The van der Waals surface area contributed by atoms with Crippen LogP contribution in [0.15, 0.2) is 42.5 Å². The van der Waals surface area contributed by atoms with Crippen molar-refractivity contribution in [2.45, 2.75) is 6.61 Å². The molecule has 2 aromatic carbocycles. The molecule has 5 heteroatoms. The lowest BCUT2D eigenvalue weighted by Gasteiger charge is -2.10. The van der Waals surface area contributed by atoms with Crippen molar-refractivity contribution in [2.24, 2.45) is 0 Å². The highest BCUT2D eigenvalue weighted by Gasteiger charge is 2.09. The smallest absolute Gasteiger partial charge is 0.337 e. The van der Waals surface area contributed by atoms with E-state index in [9.17, 15) is 4.79 Å². The summed E-state index contributed by atoms with van der Waals surface area (Å²) in [5.74, 6) is -0.0495. The van der Waals surface area contributed by atoms with Crippen LogP contribution in [0.5, 0.6) is 5.75 Å². The third kappa shape index (κ3) is 3.51. The molecule has 0 fully saturated rings. The van der Waals surface area contributed by atoms with Crippen LogP contribution in [0.2, 0.25) is 0 Å². The number of hydrogen-bond acceptors (Lipinski definition) is 5. The minimum absolute atomic E-state index is 0.254. The number of anilines is 1. The molecule has 0 aliphatic heterocycles. The van der Waals surface area contributed by atoms with Gasteiger partial charge >= 0.3 is 5.97 Å². The topological polar surface area (TPSA) is 85.3 Å². The van der Waals surface area contributed by atoms with Gasteiger partial charge in [-0.3, -0.25) is 0 Å². The second-order valence-corrected chi connectivity index (χ2v) is 4.35. The van der Waals surface area contributed by atoms with Gasteiger partial charge in [0.2, 0.25) is 0 Å². The summed E-state index contributed by atoms with van der Waals surface area (Å²) in [4.78, 5) is 11.5. The minimum Gasteiger partial charge on any atom is -0.487 e. The zero-order valence-electron chi connectivity index (χ0n) is 11.5. The molecule has 0 unspecified atom stereocenters. The molecule has 2 N–H and O–H groups in total. The number of benzene rings is 2. The van der Waals surface area contributed by atoms with Crippen molar-refractivity contribution in [3.63, 3.8) is 0 Å². The van der Waals surface area contributed by atoms with E-state index in [0.717, 1.165) is 5.56 Å². The van der Waals surface area contributed by atoms with Crippen LogP contribution in [0.1, 0.15) is 21.5 Å². The summed E-state index contributed by atoms with van der Waals surface area (Å²) in [7, 11) is 1.31. The number of carbonyl (C=O) groups is 1. The molecule has 2 aromatic rings. The zero-order valence-corrected chi connectivity index (χ0v) is 11.5. The number of nitrogens with two attached hydrogens (primary N) is 1. The standard InChI is InChI=1S/C16H14N2O3/c1-20-16(19)13-5-6-14(18)15(8-13)21-10-12-4-2-3-11(7-12)9-17/h2-8H,10,18H2,1H3. The van der Waals surface area contributed by atoms with Crippen LogP contribution >= 0.6 is 0 Å². The first kappa shape index (κ1) is 14.4. The van der Waals surface area contributed by atoms with E-state index in [1.54, 1.807) is 30.3 Å². The second-order valence-electron chi connectivity index (χ2n) is 4.35. The third-order valence-corrected chi connectivity index (χ3v) is 2.89. The largest absolute Gasteiger partial charge is 0.487 e. The highest BCUT2D eigenvalue weighted by molar-refractivity contribution is 5.90. The van der Waals surface area contributed by atoms with Gasteiger partial charge in [-0.15, -0.1) is 0 Å². The molecule has 0 amide bonds. The molecule has 0 aliphatic rings. The van der Waals surface area contributed by atoms with Crippen LogP contribution in [0.3, 0.4) is 0 Å². The number of nitrogen functional groups attached to an aromatic ring is 1. The Morgan fingerprint density at radius 3 is 2.81 bits per heavy atom. The average molecular weight is 282 g/mol. The number of carbonyl (C=O) groups excluding carboxylic acids is 1. The molecule has 0 atom stereocenters. The van der Waals surface area contributed by atoms with Crippen molar-refractivity contribution in [1.29, 1.82) is 5.26 Å². The van der Waals surface area contributed by atoms with E-state index in [1.807, 2.05) is 6.07 Å². The number of nitrogens with zero attached hydrogens (tertiary/aromatic N) is 1. The number of ether oxygens (including phenoxy) is 2. The van der Waals surface area contributed by atoms with Gasteiger partial charge in [0.05, 0.1) is 30.0 Å². The van der Waals surface area contributed by atoms with Gasteiger partial charge in [-0.25, -0.2) is 4.79 Å². The highest BCUT2D eigenvalue weighted by atomic mass is 16.5. The fourth-order valence-corrected chi connectivity index (χ4v) is 1.80. The lowest BCUT2D eigenvalue weighted by molar-refractivity contribution is 0.0600. The van der Waals surface area contributed by atoms with E-state index in [0.29, 0.717) is 22.6 Å². The molecule has 0 aliphatic carbocycles. The minimum atomic E-state index is -0.452. The molecular formula is C16H14N2O3. The van der Waals surface area contributed by atoms with Crippen molar-refractivity contribution in [3.8, 4) is 11.8 Å². The molecule has 5 nitrogen and oxygen atoms in total. The number of esters is 1. The average Bonchev–Trinajstić information content (AvgIpc) is 2.53. The summed E-state index contributed by atoms with van der Waals surface area (Å²) >= 11 is 0. The van der Waals surface area contributed by atoms with Gasteiger partial charge in [0.25, 0.3) is 0 Å². The maximum absolute atomic E-state index is 11.5. The van der Waals surface area contributed by atoms with E-state index < -0.39 is 5.97 Å². The molecule has 106 valence electrons. The Morgan fingerprint density at radius 2 is 2.10 bits per heavy atom. The number of hydrogen-bond donors (Lipinski definition) is 1. The maximum Gasteiger partial charge on any atom is 0.337 e. The molecule has 2 rings (SSSR count). The van der Waals surface area contributed by atoms with Gasteiger partial charge in [-0.2, -0.15) is 5.26 Å². The van der Waals surface area contributed by atoms with Crippen LogP contribution < -0.4 is 10.5 Å². The normalized spacial score (nSPS) is 9.71. The lowest BCUT2D eigenvalue weighted by Crippen LogP contribution is -2.04. The third-order valence-electron chi connectivity index (χ3n) is 2.89. The van der Waals surface area contributed by atoms with E-state index in [4.69, 9.17) is 15.7 Å². The summed E-state index contributed by atoms with van der Waals surface area (Å²) in [5.41, 5.74) is 8.03. The van der Waals surface area contributed by atoms with Gasteiger partial charge < -0.3 is 15.2 Å². The van der Waals surface area contributed by atoms with Gasteiger partial charge in [0.15, 0.2) is 0 Å². The molecule has 0 saturated carbocycles. The Bertz CT molecular complexity index is 705. The van der Waals surface area contributed by atoms with Crippen LogP contribution in [0.4, 0.5) is 5.69 Å². The van der Waals surface area contributed by atoms with Crippen molar-refractivity contribution < 1.29 is 14.3 Å². The predicted octanol–water partition coefficient (Wildman–Crippen LogP) is 2.51. The summed E-state index contributed by atoms with van der Waals surface area (Å²) in [6.07, 6.45) is 0. The fourth-order valence-electron chi connectivity index (χ4n) is 1.80. The van der Waals surface area contributed by atoms with Gasteiger partial charge in [-0.1, -0.05) is 12.1 Å². The van der Waals surface area contributed by atoms with Crippen LogP contribution in [0, 0.1) is 11.3 Å². The van der Waals surface area contributed by atoms with Crippen LogP contribution in [-0.2, 0) is 11.3 Å². The zero-order chi connectivity index (χ0) is 15.2. The highest BCUT2D eigenvalue weighted by Crippen LogP contribution is 2.24. The first-order valence-corrected chi connectivity index (χ1v) is 6.23. The van der Waals surface area contributed by atoms with E-state index in [2.05, 4.69) is 10.8 Å². The maximum atomic E-state index is 11.5. The number of rotatable bonds is 4. The van der Waals surface area contributed by atoms with Gasteiger partial charge in [0, 0.05) is 0 Å². The molecule has 0 spiro atoms. The van der Waals surface area contributed by atoms with E-state index in [-0.39, 0.29) is 6.61 Å². The Labute approximate surface area is 122 Å². The molecule has 0 bridgehead atoms. The first-order chi connectivity index (χ1) is 10.1. The Kier molecular flexibility index (Phi) is 4.42. The Morgan fingerprint density at radius 1 is 1.29 bits per heavy atom. The molecule has 0 heterocycles. The van der Waals surface area contributed by atoms with Crippen molar-refractivity contribution >= 4 is 11.7 Å². The number of nitriles is 1. The molecule has 0 aromatic heterocycles. The van der Waals surface area contributed by atoms with E-state index >= 15 is 0 Å². The monoisotopic (exact) mass is 282 g/mol. The quantitative estimate of drug-likeness (QED) is 0.688. The predicted molar refractivity (Wildman–Crippen MR) is 77.7 cm³/mol. The summed E-state index contributed by atoms with van der Waals surface area (Å²) < 4.78 is 10.3. The molecular weight excluding hydrogens is 268 g/mol. The molecule has 21 heavy (non-hydrogen) atoms. The van der Waals surface area contributed by atoms with Crippen molar-refractivity contribution in [2.75, 3.05) is 12.8 Å². The first-order valence-electron chi connectivity index (χ1n) is 6.23. The molecule has 0 radical (unpaired) electrons. The van der Waals surface area contributed by atoms with Crippen LogP contribution in [-0.4, -0.2) is 13.1 Å². The second kappa shape index (κ2) is 6.44. The number of methoxy groups -OCH3 is 1. The Hall–Kier alpha value is -3.00.